The Labute approximate surface area is 192 Å². The Hall–Kier alpha value is -1.37. The van der Waals surface area contributed by atoms with Crippen LogP contribution in [0.25, 0.3) is 0 Å². The molecule has 1 aromatic carbocycles. The number of carbonyl (C=O) groups is 1. The highest BCUT2D eigenvalue weighted by Crippen LogP contribution is 2.33. The van der Waals surface area contributed by atoms with Gasteiger partial charge in [0.1, 0.15) is 11.5 Å². The minimum Gasteiger partial charge on any atom is -0.497 e. The highest BCUT2D eigenvalue weighted by Gasteiger charge is 2.35. The molecule has 0 aliphatic carbocycles. The van der Waals surface area contributed by atoms with Gasteiger partial charge in [-0.15, -0.1) is 24.8 Å². The number of hydrogen-bond acceptors (Lipinski definition) is 5. The van der Waals surface area contributed by atoms with Crippen molar-refractivity contribution in [2.45, 2.75) is 63.1 Å². The molecule has 1 aromatic rings. The minimum atomic E-state index is 0. The molecule has 3 heterocycles. The van der Waals surface area contributed by atoms with Crippen LogP contribution in [-0.4, -0.2) is 56.2 Å². The van der Waals surface area contributed by atoms with E-state index in [9.17, 15) is 4.79 Å². The number of piperidine rings is 2. The van der Waals surface area contributed by atoms with Crippen LogP contribution in [-0.2, 0) is 4.79 Å². The van der Waals surface area contributed by atoms with Crippen molar-refractivity contribution in [3.05, 3.63) is 18.2 Å². The van der Waals surface area contributed by atoms with Gasteiger partial charge in [-0.25, -0.2) is 0 Å². The number of halogens is 2. The smallest absolute Gasteiger partial charge is 0.222 e. The molecular weight excluding hydrogens is 425 g/mol. The second kappa shape index (κ2) is 11.3. The number of rotatable bonds is 6. The number of anilines is 1. The highest BCUT2D eigenvalue weighted by atomic mass is 35.5. The number of likely N-dealkylation sites (tertiary alicyclic amines) is 1. The summed E-state index contributed by atoms with van der Waals surface area (Å²) in [6, 6.07) is 7.55. The molecule has 8 heteroatoms. The average Bonchev–Trinajstić information content (AvgIpc) is 3.06. The van der Waals surface area contributed by atoms with Gasteiger partial charge in [-0.05, 0) is 44.4 Å². The largest absolute Gasteiger partial charge is 0.497 e. The fourth-order valence-corrected chi connectivity index (χ4v) is 5.12. The van der Waals surface area contributed by atoms with Crippen LogP contribution in [0.5, 0.6) is 11.5 Å². The number of nitrogens with zero attached hydrogens (tertiary/aromatic N) is 1. The van der Waals surface area contributed by atoms with E-state index in [2.05, 4.69) is 15.5 Å². The van der Waals surface area contributed by atoms with Crippen LogP contribution in [0.4, 0.5) is 5.69 Å². The van der Waals surface area contributed by atoms with Gasteiger partial charge in [0.25, 0.3) is 0 Å². The normalized spacial score (nSPS) is 25.7. The molecule has 2 N–H and O–H groups in total. The molecule has 30 heavy (non-hydrogen) atoms. The summed E-state index contributed by atoms with van der Waals surface area (Å²) in [7, 11) is 3.33. The van der Waals surface area contributed by atoms with Gasteiger partial charge < -0.3 is 25.0 Å². The van der Waals surface area contributed by atoms with Crippen molar-refractivity contribution in [1.29, 1.82) is 0 Å². The highest BCUT2D eigenvalue weighted by molar-refractivity contribution is 5.85. The molecule has 0 aromatic heterocycles. The van der Waals surface area contributed by atoms with Gasteiger partial charge in [0, 0.05) is 61.5 Å². The zero-order valence-corrected chi connectivity index (χ0v) is 19.5. The summed E-state index contributed by atoms with van der Waals surface area (Å²) in [5.41, 5.74) is 1.01. The fraction of sp³-hybridized carbons (Fsp3) is 0.682. The van der Waals surface area contributed by atoms with E-state index >= 15 is 0 Å². The first-order chi connectivity index (χ1) is 13.6. The SMILES string of the molecule is COc1cc(NC2CCN(C(=O)CC3CC4CCC(C3)N4)CC2)cc(OC)c1.Cl.Cl. The molecule has 0 radical (unpaired) electrons. The maximum Gasteiger partial charge on any atom is 0.222 e. The summed E-state index contributed by atoms with van der Waals surface area (Å²) < 4.78 is 10.7. The van der Waals surface area contributed by atoms with Crippen LogP contribution in [0.1, 0.15) is 44.9 Å². The molecule has 2 unspecified atom stereocenters. The van der Waals surface area contributed by atoms with E-state index in [1.165, 1.54) is 25.7 Å². The van der Waals surface area contributed by atoms with Crippen molar-refractivity contribution in [3.8, 4) is 11.5 Å². The van der Waals surface area contributed by atoms with Gasteiger partial charge in [0.05, 0.1) is 14.2 Å². The summed E-state index contributed by atoms with van der Waals surface area (Å²) in [4.78, 5) is 14.9. The maximum absolute atomic E-state index is 12.8. The molecule has 2 atom stereocenters. The van der Waals surface area contributed by atoms with Crippen LogP contribution in [0.2, 0.25) is 0 Å². The first-order valence-electron chi connectivity index (χ1n) is 10.7. The lowest BCUT2D eigenvalue weighted by molar-refractivity contribution is -0.133. The van der Waals surface area contributed by atoms with Crippen LogP contribution >= 0.6 is 24.8 Å². The molecule has 6 nitrogen and oxygen atoms in total. The maximum atomic E-state index is 12.8. The van der Waals surface area contributed by atoms with Crippen molar-refractivity contribution in [1.82, 2.24) is 10.2 Å². The number of amides is 1. The van der Waals surface area contributed by atoms with E-state index in [0.29, 0.717) is 30.0 Å². The summed E-state index contributed by atoms with van der Waals surface area (Å²) in [6.45, 7) is 1.69. The first-order valence-corrected chi connectivity index (χ1v) is 10.7. The van der Waals surface area contributed by atoms with E-state index in [-0.39, 0.29) is 24.8 Å². The number of ether oxygens (including phenoxy) is 2. The molecule has 3 aliphatic heterocycles. The van der Waals surface area contributed by atoms with Crippen LogP contribution < -0.4 is 20.1 Å². The number of hydrogen-bond donors (Lipinski definition) is 2. The van der Waals surface area contributed by atoms with E-state index in [4.69, 9.17) is 9.47 Å². The van der Waals surface area contributed by atoms with E-state index in [1.54, 1.807) is 14.2 Å². The van der Waals surface area contributed by atoms with E-state index in [1.807, 2.05) is 18.2 Å². The molecule has 0 saturated carbocycles. The Balaban J connectivity index is 0.00000160. The molecular formula is C22H35Cl2N3O3. The summed E-state index contributed by atoms with van der Waals surface area (Å²) in [6.07, 6.45) is 7.63. The molecule has 3 saturated heterocycles. The minimum absolute atomic E-state index is 0. The van der Waals surface area contributed by atoms with Crippen LogP contribution in [0.3, 0.4) is 0 Å². The lowest BCUT2D eigenvalue weighted by Gasteiger charge is -2.35. The van der Waals surface area contributed by atoms with Gasteiger partial charge >= 0.3 is 0 Å². The second-order valence-electron chi connectivity index (χ2n) is 8.58. The van der Waals surface area contributed by atoms with Gasteiger partial charge in [-0.2, -0.15) is 0 Å². The molecule has 1 amide bonds. The Morgan fingerprint density at radius 2 is 1.57 bits per heavy atom. The van der Waals surface area contributed by atoms with Crippen molar-refractivity contribution in [2.75, 3.05) is 32.6 Å². The average molecular weight is 460 g/mol. The zero-order chi connectivity index (χ0) is 19.5. The predicted molar refractivity (Wildman–Crippen MR) is 125 cm³/mol. The van der Waals surface area contributed by atoms with E-state index < -0.39 is 0 Å². The molecule has 4 rings (SSSR count). The fourth-order valence-electron chi connectivity index (χ4n) is 5.12. The summed E-state index contributed by atoms with van der Waals surface area (Å²) in [5.74, 6) is 2.50. The molecule has 170 valence electrons. The standard InChI is InChI=1S/C22H33N3O3.2ClH/c1-27-20-12-19(13-21(14-20)28-2)23-16-5-7-25(8-6-16)22(26)11-15-9-17-3-4-18(10-15)24-17;;/h12-18,23-24H,3-11H2,1-2H3;2*1H. The lowest BCUT2D eigenvalue weighted by atomic mass is 9.89. The van der Waals surface area contributed by atoms with Crippen molar-refractivity contribution >= 4 is 36.4 Å². The lowest BCUT2D eigenvalue weighted by Crippen LogP contribution is -2.44. The molecule has 0 spiro atoms. The Morgan fingerprint density at radius 1 is 1.00 bits per heavy atom. The number of nitrogens with one attached hydrogen (secondary N) is 2. The van der Waals surface area contributed by atoms with Crippen molar-refractivity contribution in [3.63, 3.8) is 0 Å². The molecule has 2 bridgehead atoms. The number of fused-ring (bicyclic) bond motifs is 2. The zero-order valence-electron chi connectivity index (χ0n) is 17.9. The monoisotopic (exact) mass is 459 g/mol. The van der Waals surface area contributed by atoms with Gasteiger partial charge in [-0.3, -0.25) is 4.79 Å². The Bertz CT molecular complexity index is 664. The molecule has 3 fully saturated rings. The number of carbonyl (C=O) groups excluding carboxylic acids is 1. The van der Waals surface area contributed by atoms with Crippen LogP contribution in [0, 0.1) is 5.92 Å². The Morgan fingerprint density at radius 3 is 2.10 bits per heavy atom. The predicted octanol–water partition coefficient (Wildman–Crippen LogP) is 3.87. The Kier molecular flexibility index (Phi) is 9.38. The van der Waals surface area contributed by atoms with Gasteiger partial charge in [0.15, 0.2) is 0 Å². The second-order valence-corrected chi connectivity index (χ2v) is 8.58. The summed E-state index contributed by atoms with van der Waals surface area (Å²) in [5, 5.41) is 7.25. The van der Waals surface area contributed by atoms with Crippen LogP contribution in [0.15, 0.2) is 18.2 Å². The van der Waals surface area contributed by atoms with Crippen molar-refractivity contribution in [2.24, 2.45) is 5.92 Å². The third-order valence-corrected chi connectivity index (χ3v) is 6.60. The third-order valence-electron chi connectivity index (χ3n) is 6.60. The first kappa shape index (κ1) is 24.9. The topological polar surface area (TPSA) is 62.8 Å². The van der Waals surface area contributed by atoms with E-state index in [0.717, 1.165) is 49.5 Å². The van der Waals surface area contributed by atoms with Gasteiger partial charge in [-0.1, -0.05) is 0 Å². The third kappa shape index (κ3) is 6.08. The number of methoxy groups -OCH3 is 2. The molecule has 3 aliphatic rings. The van der Waals surface area contributed by atoms with Gasteiger partial charge in [0.2, 0.25) is 5.91 Å². The summed E-state index contributed by atoms with van der Waals surface area (Å²) >= 11 is 0. The number of benzene rings is 1. The van der Waals surface area contributed by atoms with Crippen molar-refractivity contribution < 1.29 is 14.3 Å². The quantitative estimate of drug-likeness (QED) is 0.675.